The van der Waals surface area contributed by atoms with Gasteiger partial charge in [0.05, 0.1) is 17.3 Å². The summed E-state index contributed by atoms with van der Waals surface area (Å²) in [5, 5.41) is 3.21. The van der Waals surface area contributed by atoms with Gasteiger partial charge in [0.25, 0.3) is 0 Å². The summed E-state index contributed by atoms with van der Waals surface area (Å²) in [5.41, 5.74) is 0.835. The van der Waals surface area contributed by atoms with E-state index in [1.165, 1.54) is 29.0 Å². The Morgan fingerprint density at radius 3 is 2.47 bits per heavy atom. The molecule has 8 heteroatoms. The molecule has 0 unspecified atom stereocenters. The Morgan fingerprint density at radius 1 is 1.11 bits per heavy atom. The van der Waals surface area contributed by atoms with Crippen molar-refractivity contribution in [3.63, 3.8) is 0 Å². The van der Waals surface area contributed by atoms with Gasteiger partial charge in [0, 0.05) is 12.3 Å². The summed E-state index contributed by atoms with van der Waals surface area (Å²) in [6, 6.07) is 2.52. The van der Waals surface area contributed by atoms with Crippen LogP contribution in [0.25, 0.3) is 16.9 Å². The van der Waals surface area contributed by atoms with Crippen LogP contribution in [-0.4, -0.2) is 19.6 Å². The lowest BCUT2D eigenvalue weighted by Crippen LogP contribution is -1.95. The van der Waals surface area contributed by atoms with Crippen molar-refractivity contribution in [1.29, 1.82) is 0 Å². The SMILES string of the molecule is Fc1ccn2ncc(-c3nc(Cl)c(F)c(Cl)n3)c2c1. The lowest BCUT2D eigenvalue weighted by Gasteiger charge is -2.01. The van der Waals surface area contributed by atoms with Gasteiger partial charge in [-0.2, -0.15) is 5.10 Å². The molecule has 0 bridgehead atoms. The maximum atomic E-state index is 13.3. The number of halogens is 4. The fourth-order valence-corrected chi connectivity index (χ4v) is 2.03. The Kier molecular flexibility index (Phi) is 2.83. The van der Waals surface area contributed by atoms with Crippen molar-refractivity contribution in [2.45, 2.75) is 0 Å². The first-order chi connectivity index (χ1) is 9.06. The van der Waals surface area contributed by atoms with E-state index in [9.17, 15) is 8.78 Å². The average Bonchev–Trinajstić information content (AvgIpc) is 2.78. The molecule has 3 heterocycles. The third kappa shape index (κ3) is 2.02. The van der Waals surface area contributed by atoms with Crippen molar-refractivity contribution in [2.75, 3.05) is 0 Å². The number of hydrogen-bond donors (Lipinski definition) is 0. The molecule has 3 aromatic heterocycles. The summed E-state index contributed by atoms with van der Waals surface area (Å²) in [4.78, 5) is 7.55. The summed E-state index contributed by atoms with van der Waals surface area (Å²) < 4.78 is 27.9. The zero-order valence-electron chi connectivity index (χ0n) is 9.11. The first-order valence-corrected chi connectivity index (χ1v) is 5.83. The monoisotopic (exact) mass is 300 g/mol. The van der Waals surface area contributed by atoms with Gasteiger partial charge in [0.1, 0.15) is 5.82 Å². The maximum Gasteiger partial charge on any atom is 0.197 e. The third-order valence-corrected chi connectivity index (χ3v) is 3.00. The molecule has 19 heavy (non-hydrogen) atoms. The van der Waals surface area contributed by atoms with E-state index in [1.807, 2.05) is 0 Å². The second-order valence-electron chi connectivity index (χ2n) is 3.68. The number of nitrogens with zero attached hydrogens (tertiary/aromatic N) is 4. The topological polar surface area (TPSA) is 43.1 Å². The zero-order valence-corrected chi connectivity index (χ0v) is 10.6. The van der Waals surface area contributed by atoms with Gasteiger partial charge in [-0.25, -0.2) is 23.3 Å². The number of hydrogen-bond acceptors (Lipinski definition) is 3. The molecule has 0 aromatic carbocycles. The molecule has 0 N–H and O–H groups in total. The zero-order chi connectivity index (χ0) is 13.6. The molecule has 0 radical (unpaired) electrons. The molecule has 0 fully saturated rings. The van der Waals surface area contributed by atoms with Crippen molar-refractivity contribution < 1.29 is 8.78 Å². The van der Waals surface area contributed by atoms with Gasteiger partial charge in [-0.05, 0) is 6.07 Å². The van der Waals surface area contributed by atoms with E-state index in [0.29, 0.717) is 11.1 Å². The maximum absolute atomic E-state index is 13.3. The molecule has 96 valence electrons. The van der Waals surface area contributed by atoms with Gasteiger partial charge in [-0.15, -0.1) is 0 Å². The quantitative estimate of drug-likeness (QED) is 0.647. The summed E-state index contributed by atoms with van der Waals surface area (Å²) in [5.74, 6) is -1.25. The van der Waals surface area contributed by atoms with Crippen LogP contribution in [0.2, 0.25) is 10.3 Å². The molecular formula is C11H4Cl2F2N4. The van der Waals surface area contributed by atoms with E-state index in [0.717, 1.165) is 0 Å². The van der Waals surface area contributed by atoms with E-state index in [4.69, 9.17) is 23.2 Å². The van der Waals surface area contributed by atoms with Crippen LogP contribution in [0, 0.1) is 11.6 Å². The third-order valence-electron chi connectivity index (χ3n) is 2.49. The van der Waals surface area contributed by atoms with Gasteiger partial charge in [-0.3, -0.25) is 0 Å². The minimum Gasteiger partial charge on any atom is -0.240 e. The summed E-state index contributed by atoms with van der Waals surface area (Å²) >= 11 is 11.2. The molecule has 0 spiro atoms. The van der Waals surface area contributed by atoms with Crippen LogP contribution in [0.4, 0.5) is 8.78 Å². The highest BCUT2D eigenvalue weighted by atomic mass is 35.5. The second-order valence-corrected chi connectivity index (χ2v) is 4.39. The first kappa shape index (κ1) is 12.3. The Labute approximate surface area is 115 Å². The predicted octanol–water partition coefficient (Wildman–Crippen LogP) is 3.38. The van der Waals surface area contributed by atoms with E-state index in [1.54, 1.807) is 0 Å². The molecule has 0 aliphatic rings. The lowest BCUT2D eigenvalue weighted by atomic mass is 10.2. The predicted molar refractivity (Wildman–Crippen MR) is 66.2 cm³/mol. The van der Waals surface area contributed by atoms with E-state index in [-0.39, 0.29) is 5.82 Å². The highest BCUT2D eigenvalue weighted by Crippen LogP contribution is 2.26. The normalized spacial score (nSPS) is 11.2. The fraction of sp³-hybridized carbons (Fsp3) is 0. The molecule has 4 nitrogen and oxygen atoms in total. The molecular weight excluding hydrogens is 297 g/mol. The molecule has 0 amide bonds. The number of pyridine rings is 1. The van der Waals surface area contributed by atoms with Crippen LogP contribution in [0.1, 0.15) is 0 Å². The lowest BCUT2D eigenvalue weighted by molar-refractivity contribution is 0.615. The smallest absolute Gasteiger partial charge is 0.197 e. The highest BCUT2D eigenvalue weighted by molar-refractivity contribution is 6.33. The van der Waals surface area contributed by atoms with E-state index >= 15 is 0 Å². The first-order valence-electron chi connectivity index (χ1n) is 5.08. The van der Waals surface area contributed by atoms with Crippen LogP contribution < -0.4 is 0 Å². The summed E-state index contributed by atoms with van der Waals surface area (Å²) in [7, 11) is 0. The number of fused-ring (bicyclic) bond motifs is 1. The Balaban J connectivity index is 2.27. The van der Waals surface area contributed by atoms with Gasteiger partial charge < -0.3 is 0 Å². The Morgan fingerprint density at radius 2 is 1.79 bits per heavy atom. The van der Waals surface area contributed by atoms with Crippen molar-refractivity contribution in [1.82, 2.24) is 19.6 Å². The summed E-state index contributed by atoms with van der Waals surface area (Å²) in [6.45, 7) is 0. The number of aromatic nitrogens is 4. The molecule has 0 aliphatic carbocycles. The van der Waals surface area contributed by atoms with Gasteiger partial charge >= 0.3 is 0 Å². The van der Waals surface area contributed by atoms with E-state index < -0.39 is 21.9 Å². The van der Waals surface area contributed by atoms with Crippen LogP contribution in [0.15, 0.2) is 24.5 Å². The van der Waals surface area contributed by atoms with Crippen LogP contribution in [0.3, 0.4) is 0 Å². The second kappa shape index (κ2) is 4.40. The summed E-state index contributed by atoms with van der Waals surface area (Å²) in [6.07, 6.45) is 2.87. The van der Waals surface area contributed by atoms with Crippen LogP contribution in [-0.2, 0) is 0 Å². The minimum absolute atomic E-state index is 0.0806. The average molecular weight is 301 g/mol. The van der Waals surface area contributed by atoms with E-state index in [2.05, 4.69) is 15.1 Å². The molecule has 0 aliphatic heterocycles. The fourth-order valence-electron chi connectivity index (χ4n) is 1.64. The molecule has 3 rings (SSSR count). The van der Waals surface area contributed by atoms with Gasteiger partial charge in [0.2, 0.25) is 0 Å². The molecule has 0 saturated carbocycles. The minimum atomic E-state index is -0.894. The van der Waals surface area contributed by atoms with Crippen molar-refractivity contribution in [3.8, 4) is 11.4 Å². The van der Waals surface area contributed by atoms with Crippen molar-refractivity contribution in [3.05, 3.63) is 46.5 Å². The van der Waals surface area contributed by atoms with Crippen LogP contribution >= 0.6 is 23.2 Å². The molecule has 0 atom stereocenters. The van der Waals surface area contributed by atoms with Gasteiger partial charge in [-0.1, -0.05) is 23.2 Å². The van der Waals surface area contributed by atoms with Crippen molar-refractivity contribution >= 4 is 28.7 Å². The number of rotatable bonds is 1. The Bertz CT molecular complexity index is 764. The highest BCUT2D eigenvalue weighted by Gasteiger charge is 2.15. The van der Waals surface area contributed by atoms with Crippen molar-refractivity contribution in [2.24, 2.45) is 0 Å². The Hall–Kier alpha value is -1.79. The largest absolute Gasteiger partial charge is 0.240 e. The molecule has 0 saturated heterocycles. The standard InChI is InChI=1S/C11H4Cl2F2N4/c12-9-8(15)10(13)18-11(17-9)6-4-16-19-2-1-5(14)3-7(6)19/h1-4H. The van der Waals surface area contributed by atoms with Gasteiger partial charge in [0.15, 0.2) is 21.9 Å². The molecule has 3 aromatic rings. The van der Waals surface area contributed by atoms with Crippen LogP contribution in [0.5, 0.6) is 0 Å².